The van der Waals surface area contributed by atoms with Gasteiger partial charge in [0.15, 0.2) is 0 Å². The molecule has 0 unspecified atom stereocenters. The number of amides is 1. The number of nitrogens with one attached hydrogen (secondary N) is 1. The Hall–Kier alpha value is -1.36. The SMILES string of the molecule is CN1CCN(CCNC(=O)/C=C\c2ccccc2Cl)CC1. The number of benzene rings is 1. The molecule has 1 saturated heterocycles. The Morgan fingerprint density at radius 3 is 2.71 bits per heavy atom. The van der Waals surface area contributed by atoms with Crippen molar-refractivity contribution in [3.63, 3.8) is 0 Å². The Balaban J connectivity index is 1.69. The molecular formula is C16H22ClN3O. The van der Waals surface area contributed by atoms with Crippen LogP contribution < -0.4 is 5.32 Å². The van der Waals surface area contributed by atoms with Crippen molar-refractivity contribution in [1.29, 1.82) is 0 Å². The highest BCUT2D eigenvalue weighted by Gasteiger charge is 2.12. The Kier molecular flexibility index (Phi) is 6.23. The average molecular weight is 308 g/mol. The number of nitrogens with zero attached hydrogens (tertiary/aromatic N) is 2. The van der Waals surface area contributed by atoms with Crippen molar-refractivity contribution in [2.45, 2.75) is 0 Å². The van der Waals surface area contributed by atoms with E-state index in [9.17, 15) is 4.79 Å². The molecule has 0 atom stereocenters. The number of likely N-dealkylation sites (N-methyl/N-ethyl adjacent to an activating group) is 1. The number of carbonyl (C=O) groups excluding carboxylic acids is 1. The second kappa shape index (κ2) is 8.17. The predicted octanol–water partition coefficient (Wildman–Crippen LogP) is 1.72. The van der Waals surface area contributed by atoms with Gasteiger partial charge in [-0.1, -0.05) is 29.8 Å². The lowest BCUT2D eigenvalue weighted by Gasteiger charge is -2.32. The van der Waals surface area contributed by atoms with Crippen molar-refractivity contribution in [3.05, 3.63) is 40.9 Å². The van der Waals surface area contributed by atoms with Crippen LogP contribution in [0, 0.1) is 0 Å². The van der Waals surface area contributed by atoms with E-state index in [2.05, 4.69) is 22.2 Å². The van der Waals surface area contributed by atoms with E-state index in [-0.39, 0.29) is 5.91 Å². The van der Waals surface area contributed by atoms with Gasteiger partial charge in [-0.05, 0) is 24.8 Å². The Labute approximate surface area is 131 Å². The van der Waals surface area contributed by atoms with Crippen molar-refractivity contribution < 1.29 is 4.79 Å². The van der Waals surface area contributed by atoms with Crippen LogP contribution in [-0.4, -0.2) is 62.0 Å². The molecule has 0 saturated carbocycles. The first-order valence-electron chi connectivity index (χ1n) is 7.26. The molecular weight excluding hydrogens is 286 g/mol. The molecule has 0 spiro atoms. The van der Waals surface area contributed by atoms with Crippen LogP contribution in [0.3, 0.4) is 0 Å². The van der Waals surface area contributed by atoms with Gasteiger partial charge in [0.2, 0.25) is 5.91 Å². The summed E-state index contributed by atoms with van der Waals surface area (Å²) in [7, 11) is 2.14. The number of rotatable bonds is 5. The van der Waals surface area contributed by atoms with Crippen molar-refractivity contribution in [2.24, 2.45) is 0 Å². The van der Waals surface area contributed by atoms with Crippen molar-refractivity contribution in [3.8, 4) is 0 Å². The van der Waals surface area contributed by atoms with Gasteiger partial charge in [-0.2, -0.15) is 0 Å². The number of piperazine rings is 1. The molecule has 1 N–H and O–H groups in total. The number of carbonyl (C=O) groups is 1. The third-order valence-corrected chi connectivity index (χ3v) is 3.99. The Morgan fingerprint density at radius 1 is 1.29 bits per heavy atom. The zero-order chi connectivity index (χ0) is 15.1. The van der Waals surface area contributed by atoms with Crippen LogP contribution in [0.5, 0.6) is 0 Å². The molecule has 4 nitrogen and oxygen atoms in total. The highest BCUT2D eigenvalue weighted by atomic mass is 35.5. The third-order valence-electron chi connectivity index (χ3n) is 3.64. The summed E-state index contributed by atoms with van der Waals surface area (Å²) in [4.78, 5) is 16.4. The van der Waals surface area contributed by atoms with Crippen LogP contribution in [0.25, 0.3) is 6.08 Å². The summed E-state index contributed by atoms with van der Waals surface area (Å²) in [5.41, 5.74) is 0.855. The van der Waals surface area contributed by atoms with Crippen LogP contribution >= 0.6 is 11.6 Å². The van der Waals surface area contributed by atoms with E-state index in [1.807, 2.05) is 24.3 Å². The summed E-state index contributed by atoms with van der Waals surface area (Å²) >= 11 is 6.03. The largest absolute Gasteiger partial charge is 0.351 e. The Bertz CT molecular complexity index is 496. The van der Waals surface area contributed by atoms with Gasteiger partial charge in [-0.15, -0.1) is 0 Å². The molecule has 21 heavy (non-hydrogen) atoms. The van der Waals surface area contributed by atoms with Crippen LogP contribution in [0.15, 0.2) is 30.3 Å². The minimum atomic E-state index is -0.0796. The van der Waals surface area contributed by atoms with Gasteiger partial charge >= 0.3 is 0 Å². The summed E-state index contributed by atoms with van der Waals surface area (Å²) in [6, 6.07) is 7.47. The lowest BCUT2D eigenvalue weighted by Crippen LogP contribution is -2.46. The number of hydrogen-bond acceptors (Lipinski definition) is 3. The Morgan fingerprint density at radius 2 is 2.00 bits per heavy atom. The normalized spacial score (nSPS) is 17.2. The van der Waals surface area contributed by atoms with Gasteiger partial charge in [0.05, 0.1) is 0 Å². The molecule has 0 bridgehead atoms. The van der Waals surface area contributed by atoms with E-state index in [4.69, 9.17) is 11.6 Å². The van der Waals surface area contributed by atoms with Gasteiger partial charge in [-0.25, -0.2) is 0 Å². The number of halogens is 1. The van der Waals surface area contributed by atoms with E-state index in [1.165, 1.54) is 6.08 Å². The van der Waals surface area contributed by atoms with E-state index in [1.54, 1.807) is 6.08 Å². The van der Waals surface area contributed by atoms with Gasteiger partial charge in [0.1, 0.15) is 0 Å². The molecule has 1 heterocycles. The fourth-order valence-electron chi connectivity index (χ4n) is 2.24. The van der Waals surface area contributed by atoms with Crippen LogP contribution in [0.2, 0.25) is 5.02 Å². The molecule has 1 aliphatic rings. The molecule has 114 valence electrons. The number of hydrogen-bond donors (Lipinski definition) is 1. The molecule has 0 aliphatic carbocycles. The van der Waals surface area contributed by atoms with Gasteiger partial charge in [0.25, 0.3) is 0 Å². The fourth-order valence-corrected chi connectivity index (χ4v) is 2.44. The summed E-state index contributed by atoms with van der Waals surface area (Å²) in [5, 5.41) is 3.56. The standard InChI is InChI=1S/C16H22ClN3O/c1-19-10-12-20(13-11-19)9-8-18-16(21)7-6-14-4-2-3-5-15(14)17/h2-7H,8-13H2,1H3,(H,18,21)/b7-6-. The van der Waals surface area contributed by atoms with Crippen LogP contribution in [-0.2, 0) is 4.79 Å². The van der Waals surface area contributed by atoms with Crippen LogP contribution in [0.4, 0.5) is 0 Å². The first-order chi connectivity index (χ1) is 10.1. The second-order valence-corrected chi connectivity index (χ2v) is 5.70. The van der Waals surface area contributed by atoms with Gasteiger partial charge in [0, 0.05) is 50.4 Å². The monoisotopic (exact) mass is 307 g/mol. The fraction of sp³-hybridized carbons (Fsp3) is 0.438. The van der Waals surface area contributed by atoms with E-state index in [0.717, 1.165) is 38.3 Å². The minimum Gasteiger partial charge on any atom is -0.351 e. The molecule has 0 aromatic heterocycles. The zero-order valence-corrected chi connectivity index (χ0v) is 13.1. The summed E-state index contributed by atoms with van der Waals surface area (Å²) in [5.74, 6) is -0.0796. The van der Waals surface area contributed by atoms with Crippen molar-refractivity contribution >= 4 is 23.6 Å². The lowest BCUT2D eigenvalue weighted by molar-refractivity contribution is -0.116. The van der Waals surface area contributed by atoms with Crippen molar-refractivity contribution in [1.82, 2.24) is 15.1 Å². The highest BCUT2D eigenvalue weighted by Crippen LogP contribution is 2.15. The first kappa shape index (κ1) is 16.0. The van der Waals surface area contributed by atoms with Gasteiger partial charge < -0.3 is 10.2 Å². The smallest absolute Gasteiger partial charge is 0.244 e. The second-order valence-electron chi connectivity index (χ2n) is 5.29. The van der Waals surface area contributed by atoms with E-state index >= 15 is 0 Å². The highest BCUT2D eigenvalue weighted by molar-refractivity contribution is 6.32. The maximum absolute atomic E-state index is 11.8. The average Bonchev–Trinajstić information content (AvgIpc) is 2.48. The summed E-state index contributed by atoms with van der Waals surface area (Å²) in [6.45, 7) is 5.92. The topological polar surface area (TPSA) is 35.6 Å². The van der Waals surface area contributed by atoms with Gasteiger partial charge in [-0.3, -0.25) is 9.69 Å². The molecule has 1 aliphatic heterocycles. The molecule has 0 radical (unpaired) electrons. The lowest BCUT2D eigenvalue weighted by atomic mass is 10.2. The minimum absolute atomic E-state index is 0.0796. The predicted molar refractivity (Wildman–Crippen MR) is 87.4 cm³/mol. The maximum atomic E-state index is 11.8. The molecule has 5 heteroatoms. The maximum Gasteiger partial charge on any atom is 0.244 e. The quantitative estimate of drug-likeness (QED) is 0.841. The van der Waals surface area contributed by atoms with Crippen LogP contribution in [0.1, 0.15) is 5.56 Å². The van der Waals surface area contributed by atoms with E-state index in [0.29, 0.717) is 11.6 Å². The van der Waals surface area contributed by atoms with E-state index < -0.39 is 0 Å². The molecule has 1 amide bonds. The summed E-state index contributed by atoms with van der Waals surface area (Å²) in [6.07, 6.45) is 3.28. The third kappa shape index (κ3) is 5.50. The molecule has 1 aromatic rings. The summed E-state index contributed by atoms with van der Waals surface area (Å²) < 4.78 is 0. The molecule has 1 aromatic carbocycles. The molecule has 2 rings (SSSR count). The van der Waals surface area contributed by atoms with Crippen molar-refractivity contribution in [2.75, 3.05) is 46.3 Å². The zero-order valence-electron chi connectivity index (χ0n) is 12.4. The first-order valence-corrected chi connectivity index (χ1v) is 7.64. The molecule has 1 fully saturated rings.